The summed E-state index contributed by atoms with van der Waals surface area (Å²) in [6.07, 6.45) is 4.06. The van der Waals surface area contributed by atoms with Crippen LogP contribution in [-0.4, -0.2) is 84.7 Å². The molecule has 0 aromatic carbocycles. The van der Waals surface area contributed by atoms with E-state index in [2.05, 4.69) is 30.6 Å². The summed E-state index contributed by atoms with van der Waals surface area (Å²) in [6.45, 7) is 19.7. The Bertz CT molecular complexity index is 455. The molecule has 3 saturated heterocycles. The van der Waals surface area contributed by atoms with E-state index < -0.39 is 0 Å². The Morgan fingerprint density at radius 2 is 1.50 bits per heavy atom. The molecule has 0 radical (unpaired) electrons. The first kappa shape index (κ1) is 21.6. The van der Waals surface area contributed by atoms with Crippen LogP contribution in [0.1, 0.15) is 60.8 Å². The Morgan fingerprint density at radius 3 is 1.92 bits per heavy atom. The van der Waals surface area contributed by atoms with Crippen molar-refractivity contribution in [3.63, 3.8) is 0 Å². The van der Waals surface area contributed by atoms with Crippen molar-refractivity contribution in [2.45, 2.75) is 78.5 Å². The number of rotatable bonds is 2. The summed E-state index contributed by atoms with van der Waals surface area (Å²) in [4.78, 5) is 18.9. The number of hydrogen-bond acceptors (Lipinski definition) is 4. The number of ether oxygens (including phenoxy) is 1. The highest BCUT2D eigenvalue weighted by atomic mass is 16.5. The molecule has 0 spiro atoms. The van der Waals surface area contributed by atoms with Crippen molar-refractivity contribution in [3.05, 3.63) is 0 Å². The van der Waals surface area contributed by atoms with Gasteiger partial charge in [-0.3, -0.25) is 14.6 Å². The monoisotopic (exact) mass is 367 g/mol. The second-order valence-corrected chi connectivity index (χ2v) is 10.1. The van der Waals surface area contributed by atoms with E-state index in [9.17, 15) is 4.79 Å². The van der Waals surface area contributed by atoms with E-state index in [1.165, 1.54) is 39.0 Å². The Kier molecular flexibility index (Phi) is 7.14. The largest absolute Gasteiger partial charge is 0.380 e. The number of likely N-dealkylation sites (tertiary alicyclic amines) is 3. The van der Waals surface area contributed by atoms with Crippen LogP contribution < -0.4 is 0 Å². The summed E-state index contributed by atoms with van der Waals surface area (Å²) in [6, 6.07) is 0.877. The summed E-state index contributed by atoms with van der Waals surface area (Å²) in [5.41, 5.74) is 0.124. The van der Waals surface area contributed by atoms with Gasteiger partial charge in [0.2, 0.25) is 5.91 Å². The zero-order valence-electron chi connectivity index (χ0n) is 18.2. The summed E-state index contributed by atoms with van der Waals surface area (Å²) in [7, 11) is 1.70. The second kappa shape index (κ2) is 8.57. The number of carbonyl (C=O) groups is 1. The lowest BCUT2D eigenvalue weighted by Crippen LogP contribution is -2.64. The van der Waals surface area contributed by atoms with Crippen molar-refractivity contribution >= 4 is 5.91 Å². The number of hydrogen-bond donors (Lipinski definition) is 0. The summed E-state index contributed by atoms with van der Waals surface area (Å²) >= 11 is 0. The SMILES string of the molecule is CC(C)(C)N1CC(N2CCCC2)C1.COC1CCN(C(=O)C(C)(C)C)C1. The molecule has 3 fully saturated rings. The highest BCUT2D eigenvalue weighted by Crippen LogP contribution is 2.26. The zero-order chi connectivity index (χ0) is 19.5. The number of carbonyl (C=O) groups excluding carboxylic acids is 1. The van der Waals surface area contributed by atoms with Crippen molar-refractivity contribution in [2.75, 3.05) is 46.4 Å². The van der Waals surface area contributed by atoms with Gasteiger partial charge in [-0.15, -0.1) is 0 Å². The van der Waals surface area contributed by atoms with Crippen LogP contribution in [0.4, 0.5) is 0 Å². The van der Waals surface area contributed by atoms with Gasteiger partial charge in [0.05, 0.1) is 6.10 Å². The van der Waals surface area contributed by atoms with Crippen LogP contribution in [0.15, 0.2) is 0 Å². The van der Waals surface area contributed by atoms with Crippen LogP contribution in [-0.2, 0) is 9.53 Å². The van der Waals surface area contributed by atoms with Crippen molar-refractivity contribution in [1.29, 1.82) is 0 Å². The lowest BCUT2D eigenvalue weighted by molar-refractivity contribution is -0.138. The molecule has 26 heavy (non-hydrogen) atoms. The van der Waals surface area contributed by atoms with Crippen LogP contribution in [0.25, 0.3) is 0 Å². The van der Waals surface area contributed by atoms with E-state index in [-0.39, 0.29) is 17.4 Å². The van der Waals surface area contributed by atoms with Crippen LogP contribution in [0, 0.1) is 5.41 Å². The Morgan fingerprint density at radius 1 is 0.923 bits per heavy atom. The molecule has 3 aliphatic rings. The van der Waals surface area contributed by atoms with Crippen molar-refractivity contribution in [3.8, 4) is 0 Å². The number of amides is 1. The predicted octanol–water partition coefficient (Wildman–Crippen LogP) is 2.84. The van der Waals surface area contributed by atoms with E-state index in [0.717, 1.165) is 25.6 Å². The quantitative estimate of drug-likeness (QED) is 0.752. The van der Waals surface area contributed by atoms with Gasteiger partial charge in [0.1, 0.15) is 0 Å². The fourth-order valence-electron chi connectivity index (χ4n) is 3.92. The summed E-state index contributed by atoms with van der Waals surface area (Å²) in [5, 5.41) is 0. The van der Waals surface area contributed by atoms with Crippen molar-refractivity contribution in [1.82, 2.24) is 14.7 Å². The fourth-order valence-corrected chi connectivity index (χ4v) is 3.92. The average Bonchev–Trinajstić information content (AvgIpc) is 3.14. The minimum absolute atomic E-state index is 0.229. The molecule has 0 bridgehead atoms. The highest BCUT2D eigenvalue weighted by Gasteiger charge is 2.38. The number of methoxy groups -OCH3 is 1. The fraction of sp³-hybridized carbons (Fsp3) is 0.952. The van der Waals surface area contributed by atoms with Gasteiger partial charge >= 0.3 is 0 Å². The van der Waals surface area contributed by atoms with E-state index in [0.29, 0.717) is 5.54 Å². The van der Waals surface area contributed by atoms with Gasteiger partial charge in [-0.2, -0.15) is 0 Å². The average molecular weight is 368 g/mol. The lowest BCUT2D eigenvalue weighted by atomic mass is 9.95. The molecule has 3 aliphatic heterocycles. The minimum atomic E-state index is -0.261. The zero-order valence-corrected chi connectivity index (χ0v) is 18.2. The molecular formula is C21H41N3O2. The van der Waals surface area contributed by atoms with Crippen LogP contribution >= 0.6 is 0 Å². The van der Waals surface area contributed by atoms with E-state index in [1.807, 2.05) is 25.7 Å². The van der Waals surface area contributed by atoms with Gasteiger partial charge in [0, 0.05) is 50.3 Å². The van der Waals surface area contributed by atoms with Gasteiger partial charge in [-0.25, -0.2) is 0 Å². The summed E-state index contributed by atoms with van der Waals surface area (Å²) < 4.78 is 5.21. The Labute approximate surface area is 161 Å². The van der Waals surface area contributed by atoms with E-state index >= 15 is 0 Å². The molecule has 0 saturated carbocycles. The second-order valence-electron chi connectivity index (χ2n) is 10.1. The van der Waals surface area contributed by atoms with Crippen molar-refractivity contribution < 1.29 is 9.53 Å². The molecule has 3 heterocycles. The highest BCUT2D eigenvalue weighted by molar-refractivity contribution is 5.81. The standard InChI is InChI=1S/C11H22N2.C10H19NO2/c1-11(2,3)13-8-10(9-13)12-6-4-5-7-12;1-10(2,3)9(12)11-6-5-8(7-11)13-4/h10H,4-9H2,1-3H3;8H,5-7H2,1-4H3. The van der Waals surface area contributed by atoms with Gasteiger partial charge < -0.3 is 9.64 Å². The normalized spacial score (nSPS) is 25.8. The number of nitrogens with zero attached hydrogens (tertiary/aromatic N) is 3. The molecular weight excluding hydrogens is 326 g/mol. The molecule has 152 valence electrons. The third-order valence-corrected chi connectivity index (χ3v) is 5.88. The molecule has 0 aromatic rings. The first-order valence-electron chi connectivity index (χ1n) is 10.3. The van der Waals surface area contributed by atoms with Crippen LogP contribution in [0.5, 0.6) is 0 Å². The van der Waals surface area contributed by atoms with E-state index in [1.54, 1.807) is 7.11 Å². The molecule has 0 aliphatic carbocycles. The molecule has 0 N–H and O–H groups in total. The van der Waals surface area contributed by atoms with Crippen molar-refractivity contribution in [2.24, 2.45) is 5.41 Å². The van der Waals surface area contributed by atoms with Gasteiger partial charge in [0.15, 0.2) is 0 Å². The summed E-state index contributed by atoms with van der Waals surface area (Å²) in [5.74, 6) is 0.229. The smallest absolute Gasteiger partial charge is 0.228 e. The first-order chi connectivity index (χ1) is 12.0. The van der Waals surface area contributed by atoms with Gasteiger partial charge in [-0.05, 0) is 53.1 Å². The maximum atomic E-state index is 11.8. The predicted molar refractivity (Wildman–Crippen MR) is 107 cm³/mol. The van der Waals surface area contributed by atoms with Gasteiger partial charge in [-0.1, -0.05) is 20.8 Å². The molecule has 0 aromatic heterocycles. The topological polar surface area (TPSA) is 36.0 Å². The maximum absolute atomic E-state index is 11.8. The lowest BCUT2D eigenvalue weighted by Gasteiger charge is -2.50. The Hall–Kier alpha value is -0.650. The van der Waals surface area contributed by atoms with E-state index in [4.69, 9.17) is 4.74 Å². The third kappa shape index (κ3) is 5.67. The molecule has 5 nitrogen and oxygen atoms in total. The first-order valence-corrected chi connectivity index (χ1v) is 10.3. The van der Waals surface area contributed by atoms with Crippen LogP contribution in [0.2, 0.25) is 0 Å². The maximum Gasteiger partial charge on any atom is 0.228 e. The van der Waals surface area contributed by atoms with Crippen LogP contribution in [0.3, 0.4) is 0 Å². The molecule has 3 rings (SSSR count). The minimum Gasteiger partial charge on any atom is -0.380 e. The third-order valence-electron chi connectivity index (χ3n) is 5.88. The molecule has 1 amide bonds. The molecule has 5 heteroatoms. The molecule has 1 atom stereocenters. The van der Waals surface area contributed by atoms with Gasteiger partial charge in [0.25, 0.3) is 0 Å². The Balaban J connectivity index is 0.000000187. The molecule has 1 unspecified atom stereocenters.